The molecular weight excluding hydrogens is 222 g/mol. The van der Waals surface area contributed by atoms with Crippen molar-refractivity contribution in [3.05, 3.63) is 0 Å². The molecule has 0 aliphatic rings. The summed E-state index contributed by atoms with van der Waals surface area (Å²) in [5, 5.41) is 12.0. The molecule has 0 bridgehead atoms. The molecule has 0 aromatic rings. The molecule has 0 heterocycles. The molecule has 4 heteroatoms. The van der Waals surface area contributed by atoms with Gasteiger partial charge in [0.25, 0.3) is 0 Å². The van der Waals surface area contributed by atoms with Gasteiger partial charge in [-0.2, -0.15) is 12.6 Å². The van der Waals surface area contributed by atoms with Crippen LogP contribution >= 0.6 is 12.6 Å². The Labute approximate surface area is 104 Å². The van der Waals surface area contributed by atoms with Crippen molar-refractivity contribution in [2.75, 3.05) is 13.2 Å². The molecule has 0 spiro atoms. The minimum atomic E-state index is -0.273. The van der Waals surface area contributed by atoms with E-state index in [1.807, 2.05) is 27.7 Å². The fourth-order valence-corrected chi connectivity index (χ4v) is 1.55. The summed E-state index contributed by atoms with van der Waals surface area (Å²) in [6.45, 7) is 8.64. The molecular formula is C12H25NO2S. The van der Waals surface area contributed by atoms with Crippen LogP contribution < -0.4 is 5.32 Å². The minimum absolute atomic E-state index is 0.0435. The van der Waals surface area contributed by atoms with Gasteiger partial charge in [-0.15, -0.1) is 0 Å². The Hall–Kier alpha value is -0.220. The van der Waals surface area contributed by atoms with Gasteiger partial charge in [0.2, 0.25) is 5.91 Å². The molecule has 1 unspecified atom stereocenters. The average Bonchev–Trinajstić information content (AvgIpc) is 2.30. The number of aliphatic hydroxyl groups is 1. The predicted octanol–water partition coefficient (Wildman–Crippen LogP) is 1.86. The molecule has 0 fully saturated rings. The highest BCUT2D eigenvalue weighted by Gasteiger charge is 2.27. The molecule has 0 rings (SSSR count). The summed E-state index contributed by atoms with van der Waals surface area (Å²) in [7, 11) is 0. The molecule has 96 valence electrons. The molecule has 1 amide bonds. The lowest BCUT2D eigenvalue weighted by Gasteiger charge is -2.30. The van der Waals surface area contributed by atoms with Crippen molar-refractivity contribution in [2.24, 2.45) is 11.3 Å². The van der Waals surface area contributed by atoms with E-state index in [2.05, 4.69) is 17.9 Å². The first-order valence-electron chi connectivity index (χ1n) is 5.99. The second-order valence-corrected chi connectivity index (χ2v) is 5.33. The Morgan fingerprint density at radius 3 is 2.19 bits per heavy atom. The maximum Gasteiger partial charge on any atom is 0.233 e. The van der Waals surface area contributed by atoms with Gasteiger partial charge in [-0.05, 0) is 18.8 Å². The Bertz CT molecular complexity index is 207. The Kier molecular flexibility index (Phi) is 7.07. The van der Waals surface area contributed by atoms with Crippen LogP contribution in [0.1, 0.15) is 40.5 Å². The number of hydrogen-bond donors (Lipinski definition) is 3. The standard InChI is InChI=1S/C12H25NO2S/c1-5-12(6-2,8-14)7-13-11(15)10(16)9(3)4/h9-10,14,16H,5-8H2,1-4H3,(H,13,15). The first-order chi connectivity index (χ1) is 7.42. The zero-order chi connectivity index (χ0) is 12.8. The highest BCUT2D eigenvalue weighted by molar-refractivity contribution is 7.81. The fraction of sp³-hybridized carbons (Fsp3) is 0.917. The van der Waals surface area contributed by atoms with Crippen molar-refractivity contribution in [1.82, 2.24) is 5.32 Å². The van der Waals surface area contributed by atoms with Gasteiger partial charge >= 0.3 is 0 Å². The Balaban J connectivity index is 4.26. The van der Waals surface area contributed by atoms with Crippen molar-refractivity contribution in [1.29, 1.82) is 0 Å². The van der Waals surface area contributed by atoms with Crippen LogP contribution in [0.25, 0.3) is 0 Å². The first-order valence-corrected chi connectivity index (χ1v) is 6.50. The summed E-state index contributed by atoms with van der Waals surface area (Å²) in [5.74, 6) is 0.174. The lowest BCUT2D eigenvalue weighted by molar-refractivity contribution is -0.121. The first kappa shape index (κ1) is 15.8. The normalized spacial score (nSPS) is 13.9. The molecule has 0 aromatic carbocycles. The van der Waals surface area contributed by atoms with Crippen molar-refractivity contribution in [2.45, 2.75) is 45.8 Å². The molecule has 0 aliphatic heterocycles. The molecule has 0 aromatic heterocycles. The third-order valence-corrected chi connectivity index (χ3v) is 4.20. The van der Waals surface area contributed by atoms with Gasteiger partial charge < -0.3 is 10.4 Å². The van der Waals surface area contributed by atoms with Crippen molar-refractivity contribution >= 4 is 18.5 Å². The zero-order valence-corrected chi connectivity index (χ0v) is 11.7. The predicted molar refractivity (Wildman–Crippen MR) is 70.7 cm³/mol. The third-order valence-electron chi connectivity index (χ3n) is 3.37. The van der Waals surface area contributed by atoms with Crippen molar-refractivity contribution < 1.29 is 9.90 Å². The highest BCUT2D eigenvalue weighted by atomic mass is 32.1. The Morgan fingerprint density at radius 1 is 1.38 bits per heavy atom. The topological polar surface area (TPSA) is 49.3 Å². The molecule has 2 N–H and O–H groups in total. The number of carbonyl (C=O) groups is 1. The molecule has 1 atom stereocenters. The summed E-state index contributed by atoms with van der Waals surface area (Å²) >= 11 is 4.26. The monoisotopic (exact) mass is 247 g/mol. The molecule has 0 saturated heterocycles. The van der Waals surface area contributed by atoms with Gasteiger partial charge in [-0.1, -0.05) is 27.7 Å². The van der Waals surface area contributed by atoms with E-state index in [1.54, 1.807) is 0 Å². The van der Waals surface area contributed by atoms with Gasteiger partial charge in [0.05, 0.1) is 11.9 Å². The van der Waals surface area contributed by atoms with E-state index in [0.29, 0.717) is 6.54 Å². The third kappa shape index (κ3) is 4.34. The van der Waals surface area contributed by atoms with E-state index in [9.17, 15) is 9.90 Å². The van der Waals surface area contributed by atoms with E-state index < -0.39 is 0 Å². The quantitative estimate of drug-likeness (QED) is 0.601. The van der Waals surface area contributed by atoms with Crippen molar-refractivity contribution in [3.8, 4) is 0 Å². The number of nitrogens with one attached hydrogen (secondary N) is 1. The zero-order valence-electron chi connectivity index (χ0n) is 10.8. The van der Waals surface area contributed by atoms with Gasteiger partial charge in [-0.3, -0.25) is 4.79 Å². The smallest absolute Gasteiger partial charge is 0.233 e. The van der Waals surface area contributed by atoms with Crippen LogP contribution in [0.2, 0.25) is 0 Å². The van der Waals surface area contributed by atoms with Gasteiger partial charge in [0, 0.05) is 12.0 Å². The maximum atomic E-state index is 11.7. The van der Waals surface area contributed by atoms with Crippen LogP contribution in [-0.2, 0) is 4.79 Å². The second kappa shape index (κ2) is 7.17. The van der Waals surface area contributed by atoms with Crippen LogP contribution in [0.4, 0.5) is 0 Å². The summed E-state index contributed by atoms with van der Waals surface area (Å²) in [4.78, 5) is 11.7. The van der Waals surface area contributed by atoms with Crippen LogP contribution in [0, 0.1) is 11.3 Å². The number of hydrogen-bond acceptors (Lipinski definition) is 3. The summed E-state index contributed by atoms with van der Waals surface area (Å²) in [6.07, 6.45) is 1.72. The van der Waals surface area contributed by atoms with E-state index in [4.69, 9.17) is 0 Å². The van der Waals surface area contributed by atoms with E-state index in [0.717, 1.165) is 12.8 Å². The number of aliphatic hydroxyl groups excluding tert-OH is 1. The highest BCUT2D eigenvalue weighted by Crippen LogP contribution is 2.24. The van der Waals surface area contributed by atoms with Crippen LogP contribution in [0.3, 0.4) is 0 Å². The lowest BCUT2D eigenvalue weighted by Crippen LogP contribution is -2.43. The number of thiol groups is 1. The average molecular weight is 247 g/mol. The maximum absolute atomic E-state index is 11.7. The van der Waals surface area contributed by atoms with E-state index in [1.165, 1.54) is 0 Å². The minimum Gasteiger partial charge on any atom is -0.396 e. The van der Waals surface area contributed by atoms with Crippen molar-refractivity contribution in [3.63, 3.8) is 0 Å². The van der Waals surface area contributed by atoms with Crippen LogP contribution in [-0.4, -0.2) is 29.4 Å². The van der Waals surface area contributed by atoms with Gasteiger partial charge in [0.1, 0.15) is 0 Å². The second-order valence-electron chi connectivity index (χ2n) is 4.77. The van der Waals surface area contributed by atoms with E-state index in [-0.39, 0.29) is 29.1 Å². The summed E-state index contributed by atoms with van der Waals surface area (Å²) in [5.41, 5.74) is -0.180. The molecule has 0 aliphatic carbocycles. The fourth-order valence-electron chi connectivity index (χ4n) is 1.46. The van der Waals surface area contributed by atoms with Crippen LogP contribution in [0.15, 0.2) is 0 Å². The number of amides is 1. The molecule has 0 saturated carbocycles. The van der Waals surface area contributed by atoms with E-state index >= 15 is 0 Å². The number of rotatable bonds is 7. The molecule has 3 nitrogen and oxygen atoms in total. The van der Waals surface area contributed by atoms with Gasteiger partial charge in [0.15, 0.2) is 0 Å². The number of carbonyl (C=O) groups excluding carboxylic acids is 1. The summed E-state index contributed by atoms with van der Waals surface area (Å²) < 4.78 is 0. The molecule has 0 radical (unpaired) electrons. The Morgan fingerprint density at radius 2 is 1.88 bits per heavy atom. The lowest BCUT2D eigenvalue weighted by atomic mass is 9.83. The van der Waals surface area contributed by atoms with Gasteiger partial charge in [-0.25, -0.2) is 0 Å². The summed E-state index contributed by atoms with van der Waals surface area (Å²) in [6, 6.07) is 0. The SMILES string of the molecule is CCC(CC)(CO)CNC(=O)C(S)C(C)C. The largest absolute Gasteiger partial charge is 0.396 e. The molecule has 16 heavy (non-hydrogen) atoms. The van der Waals surface area contributed by atoms with Crippen LogP contribution in [0.5, 0.6) is 0 Å².